The van der Waals surface area contributed by atoms with Crippen LogP contribution < -0.4 is 15.5 Å². The summed E-state index contributed by atoms with van der Waals surface area (Å²) in [6.07, 6.45) is 4.83. The molecule has 1 amide bonds. The van der Waals surface area contributed by atoms with Crippen LogP contribution in [0.15, 0.2) is 30.6 Å². The Hall–Kier alpha value is -2.77. The fourth-order valence-corrected chi connectivity index (χ4v) is 3.59. The number of hydrogen-bond acceptors (Lipinski definition) is 5. The zero-order chi connectivity index (χ0) is 20.6. The van der Waals surface area contributed by atoms with E-state index in [0.29, 0.717) is 12.3 Å². The van der Waals surface area contributed by atoms with Gasteiger partial charge < -0.3 is 15.5 Å². The van der Waals surface area contributed by atoms with Gasteiger partial charge in [-0.3, -0.25) is 4.79 Å². The molecule has 29 heavy (non-hydrogen) atoms. The van der Waals surface area contributed by atoms with Crippen molar-refractivity contribution >= 4 is 17.5 Å². The highest BCUT2D eigenvalue weighted by Crippen LogP contribution is 2.25. The molecule has 1 aromatic carbocycles. The first-order valence-corrected chi connectivity index (χ1v) is 10.1. The number of aromatic nitrogens is 2. The highest BCUT2D eigenvalue weighted by molar-refractivity contribution is 5.75. The summed E-state index contributed by atoms with van der Waals surface area (Å²) >= 11 is 0. The SMILES string of the molecule is CCNc1cc(N2CCCC(CCC(=O)NCc3ccc(F)cc3F)C2)ncn1. The second-order valence-electron chi connectivity index (χ2n) is 7.30. The van der Waals surface area contributed by atoms with Gasteiger partial charge >= 0.3 is 0 Å². The largest absolute Gasteiger partial charge is 0.370 e. The van der Waals surface area contributed by atoms with Gasteiger partial charge in [-0.05, 0) is 38.2 Å². The van der Waals surface area contributed by atoms with Crippen molar-refractivity contribution in [3.05, 3.63) is 47.8 Å². The number of halogens is 2. The summed E-state index contributed by atoms with van der Waals surface area (Å²) < 4.78 is 26.6. The standard InChI is InChI=1S/C21H27F2N5O/c1-2-24-19-11-20(27-14-26-19)28-9-3-4-15(13-28)5-8-21(29)25-12-16-6-7-17(22)10-18(16)23/h6-7,10-11,14-15H,2-5,8-9,12-13H2,1H3,(H,25,29)(H,24,26,27). The maximum Gasteiger partial charge on any atom is 0.220 e. The van der Waals surface area contributed by atoms with Crippen molar-refractivity contribution in [3.8, 4) is 0 Å². The molecule has 156 valence electrons. The lowest BCUT2D eigenvalue weighted by Crippen LogP contribution is -2.36. The Morgan fingerprint density at radius 1 is 1.28 bits per heavy atom. The van der Waals surface area contributed by atoms with Gasteiger partial charge in [-0.15, -0.1) is 0 Å². The molecule has 8 heteroatoms. The molecule has 2 N–H and O–H groups in total. The zero-order valence-electron chi connectivity index (χ0n) is 16.6. The summed E-state index contributed by atoms with van der Waals surface area (Å²) in [5.41, 5.74) is 0.281. The number of hydrogen-bond donors (Lipinski definition) is 2. The summed E-state index contributed by atoms with van der Waals surface area (Å²) in [5, 5.41) is 5.91. The number of benzene rings is 1. The molecule has 1 saturated heterocycles. The van der Waals surface area contributed by atoms with E-state index in [-0.39, 0.29) is 18.0 Å². The van der Waals surface area contributed by atoms with Gasteiger partial charge in [-0.1, -0.05) is 6.07 Å². The topological polar surface area (TPSA) is 70.2 Å². The van der Waals surface area contributed by atoms with Crippen molar-refractivity contribution in [2.24, 2.45) is 5.92 Å². The number of piperidine rings is 1. The molecule has 1 atom stereocenters. The van der Waals surface area contributed by atoms with Crippen LogP contribution in [0, 0.1) is 17.6 Å². The Kier molecular flexibility index (Phi) is 7.32. The molecule has 1 aliphatic rings. The molecule has 0 radical (unpaired) electrons. The lowest BCUT2D eigenvalue weighted by Gasteiger charge is -2.33. The fraction of sp³-hybridized carbons (Fsp3) is 0.476. The van der Waals surface area contributed by atoms with Crippen molar-refractivity contribution in [2.45, 2.75) is 39.2 Å². The van der Waals surface area contributed by atoms with Gasteiger partial charge in [-0.25, -0.2) is 18.7 Å². The average Bonchev–Trinajstić information content (AvgIpc) is 2.72. The number of carbonyl (C=O) groups is 1. The summed E-state index contributed by atoms with van der Waals surface area (Å²) in [7, 11) is 0. The highest BCUT2D eigenvalue weighted by Gasteiger charge is 2.22. The summed E-state index contributed by atoms with van der Waals surface area (Å²) in [4.78, 5) is 23.0. The molecule has 2 aromatic rings. The van der Waals surface area contributed by atoms with Gasteiger partial charge in [0.1, 0.15) is 29.6 Å². The Morgan fingerprint density at radius 2 is 2.14 bits per heavy atom. The maximum atomic E-state index is 13.6. The monoisotopic (exact) mass is 403 g/mol. The minimum absolute atomic E-state index is 0.0654. The van der Waals surface area contributed by atoms with E-state index in [2.05, 4.69) is 25.5 Å². The smallest absolute Gasteiger partial charge is 0.220 e. The van der Waals surface area contributed by atoms with E-state index in [9.17, 15) is 13.6 Å². The molecule has 0 bridgehead atoms. The van der Waals surface area contributed by atoms with E-state index in [0.717, 1.165) is 56.6 Å². The van der Waals surface area contributed by atoms with E-state index < -0.39 is 11.6 Å². The summed E-state index contributed by atoms with van der Waals surface area (Å²) in [5.74, 6) is 0.719. The van der Waals surface area contributed by atoms with E-state index in [1.807, 2.05) is 13.0 Å². The average molecular weight is 403 g/mol. The molecular formula is C21H27F2N5O. The van der Waals surface area contributed by atoms with Gasteiger partial charge in [0.15, 0.2) is 0 Å². The van der Waals surface area contributed by atoms with E-state index in [4.69, 9.17) is 0 Å². The molecule has 0 saturated carbocycles. The van der Waals surface area contributed by atoms with Crippen molar-refractivity contribution in [1.29, 1.82) is 0 Å². The minimum Gasteiger partial charge on any atom is -0.370 e. The zero-order valence-corrected chi connectivity index (χ0v) is 16.6. The Bertz CT molecular complexity index is 832. The van der Waals surface area contributed by atoms with Crippen LogP contribution >= 0.6 is 0 Å². The second kappa shape index (κ2) is 10.1. The predicted molar refractivity (Wildman–Crippen MR) is 109 cm³/mol. The number of anilines is 2. The molecule has 6 nitrogen and oxygen atoms in total. The molecule has 0 spiro atoms. The first-order valence-electron chi connectivity index (χ1n) is 10.1. The van der Waals surface area contributed by atoms with Crippen molar-refractivity contribution < 1.29 is 13.6 Å². The Balaban J connectivity index is 1.46. The van der Waals surface area contributed by atoms with Crippen LogP contribution in [0.25, 0.3) is 0 Å². The lowest BCUT2D eigenvalue weighted by atomic mass is 9.93. The summed E-state index contributed by atoms with van der Waals surface area (Å²) in [6, 6.07) is 5.33. The molecule has 1 fully saturated rings. The van der Waals surface area contributed by atoms with Crippen LogP contribution in [0.5, 0.6) is 0 Å². The fourth-order valence-electron chi connectivity index (χ4n) is 3.59. The number of rotatable bonds is 8. The number of amides is 1. The van der Waals surface area contributed by atoms with Gasteiger partial charge in [0.25, 0.3) is 0 Å². The third kappa shape index (κ3) is 6.10. The minimum atomic E-state index is -0.644. The lowest BCUT2D eigenvalue weighted by molar-refractivity contribution is -0.121. The first-order chi connectivity index (χ1) is 14.0. The molecule has 2 heterocycles. The highest BCUT2D eigenvalue weighted by atomic mass is 19.1. The van der Waals surface area contributed by atoms with Gasteiger partial charge in [0.05, 0.1) is 0 Å². The van der Waals surface area contributed by atoms with Crippen molar-refractivity contribution in [1.82, 2.24) is 15.3 Å². The number of nitrogens with zero attached hydrogens (tertiary/aromatic N) is 3. The van der Waals surface area contributed by atoms with Gasteiger partial charge in [-0.2, -0.15) is 0 Å². The van der Waals surface area contributed by atoms with E-state index >= 15 is 0 Å². The Labute approximate surface area is 169 Å². The molecule has 1 unspecified atom stereocenters. The quantitative estimate of drug-likeness (QED) is 0.706. The van der Waals surface area contributed by atoms with E-state index in [1.54, 1.807) is 6.33 Å². The van der Waals surface area contributed by atoms with Crippen LogP contribution in [0.4, 0.5) is 20.4 Å². The maximum absolute atomic E-state index is 13.6. The molecule has 1 aliphatic heterocycles. The molecule has 3 rings (SSSR count). The van der Waals surface area contributed by atoms with Crippen LogP contribution in [0.1, 0.15) is 38.2 Å². The van der Waals surface area contributed by atoms with E-state index in [1.165, 1.54) is 12.1 Å². The van der Waals surface area contributed by atoms with Crippen LogP contribution in [0.2, 0.25) is 0 Å². The van der Waals surface area contributed by atoms with Crippen LogP contribution in [-0.2, 0) is 11.3 Å². The van der Waals surface area contributed by atoms with Gasteiger partial charge in [0.2, 0.25) is 5.91 Å². The first kappa shape index (κ1) is 21.0. The van der Waals surface area contributed by atoms with Crippen molar-refractivity contribution in [2.75, 3.05) is 29.9 Å². The normalized spacial score (nSPS) is 16.5. The Morgan fingerprint density at radius 3 is 2.93 bits per heavy atom. The van der Waals surface area contributed by atoms with Gasteiger partial charge in [0, 0.05) is 50.3 Å². The predicted octanol–water partition coefficient (Wildman–Crippen LogP) is 3.50. The number of nitrogens with one attached hydrogen (secondary N) is 2. The summed E-state index contributed by atoms with van der Waals surface area (Å²) in [6.45, 7) is 4.68. The molecule has 0 aliphatic carbocycles. The second-order valence-corrected chi connectivity index (χ2v) is 7.30. The molecular weight excluding hydrogens is 376 g/mol. The third-order valence-electron chi connectivity index (χ3n) is 5.12. The van der Waals surface area contributed by atoms with Crippen LogP contribution in [-0.4, -0.2) is 35.5 Å². The van der Waals surface area contributed by atoms with Crippen molar-refractivity contribution in [3.63, 3.8) is 0 Å². The molecule has 1 aromatic heterocycles. The van der Waals surface area contributed by atoms with Crippen LogP contribution in [0.3, 0.4) is 0 Å². The third-order valence-corrected chi connectivity index (χ3v) is 5.12. The number of carbonyl (C=O) groups excluding carboxylic acids is 1.